The lowest BCUT2D eigenvalue weighted by molar-refractivity contribution is 0.340. The first-order valence-corrected chi connectivity index (χ1v) is 5.62. The zero-order valence-corrected chi connectivity index (χ0v) is 9.28. The fourth-order valence-electron chi connectivity index (χ4n) is 1.20. The van der Waals surface area contributed by atoms with Gasteiger partial charge in [0.1, 0.15) is 5.75 Å². The highest BCUT2D eigenvalue weighted by molar-refractivity contribution is 7.99. The van der Waals surface area contributed by atoms with E-state index >= 15 is 0 Å². The zero-order valence-electron chi connectivity index (χ0n) is 8.46. The van der Waals surface area contributed by atoms with Gasteiger partial charge in [0.15, 0.2) is 0 Å². The van der Waals surface area contributed by atoms with Crippen molar-refractivity contribution in [2.45, 2.75) is 25.7 Å². The van der Waals surface area contributed by atoms with Crippen molar-refractivity contribution < 1.29 is 4.74 Å². The molecule has 0 saturated carbocycles. The number of rotatable bonds is 4. The third kappa shape index (κ3) is 2.96. The van der Waals surface area contributed by atoms with Crippen LogP contribution in [0.1, 0.15) is 19.4 Å². The van der Waals surface area contributed by atoms with Gasteiger partial charge in [-0.05, 0) is 43.4 Å². The van der Waals surface area contributed by atoms with E-state index in [1.807, 2.05) is 24.8 Å². The van der Waals surface area contributed by atoms with E-state index in [0.29, 0.717) is 0 Å². The first-order valence-electron chi connectivity index (χ1n) is 4.64. The Bertz CT molecular complexity index is 271. The van der Waals surface area contributed by atoms with E-state index in [4.69, 9.17) is 4.74 Å². The van der Waals surface area contributed by atoms with Crippen LogP contribution in [-0.2, 0) is 0 Å². The van der Waals surface area contributed by atoms with Crippen molar-refractivity contribution in [2.75, 3.05) is 12.4 Å². The molecule has 1 nitrogen and oxygen atoms in total. The Kier molecular flexibility index (Phi) is 4.16. The Morgan fingerprint density at radius 1 is 1.31 bits per heavy atom. The molecule has 0 aliphatic carbocycles. The van der Waals surface area contributed by atoms with E-state index in [0.717, 1.165) is 18.1 Å². The average molecular weight is 196 g/mol. The van der Waals surface area contributed by atoms with E-state index in [1.165, 1.54) is 10.5 Å². The summed E-state index contributed by atoms with van der Waals surface area (Å²) < 4.78 is 5.41. The standard InChI is InChI=1S/C11H16OS/c1-4-12-10-6-7-11(13-5-2)9(3)8-10/h6-8H,4-5H2,1-3H3. The van der Waals surface area contributed by atoms with Gasteiger partial charge in [-0.15, -0.1) is 11.8 Å². The van der Waals surface area contributed by atoms with Crippen molar-refractivity contribution in [3.8, 4) is 5.75 Å². The van der Waals surface area contributed by atoms with Gasteiger partial charge in [0.25, 0.3) is 0 Å². The van der Waals surface area contributed by atoms with E-state index in [1.54, 1.807) is 0 Å². The number of hydrogen-bond donors (Lipinski definition) is 0. The number of aryl methyl sites for hydroxylation is 1. The van der Waals surface area contributed by atoms with Crippen LogP contribution in [0.3, 0.4) is 0 Å². The highest BCUT2D eigenvalue weighted by Crippen LogP contribution is 2.25. The van der Waals surface area contributed by atoms with Gasteiger partial charge in [-0.2, -0.15) is 0 Å². The fraction of sp³-hybridized carbons (Fsp3) is 0.455. The Labute approximate surface area is 84.5 Å². The van der Waals surface area contributed by atoms with Crippen LogP contribution >= 0.6 is 11.8 Å². The second-order valence-electron chi connectivity index (χ2n) is 2.79. The number of ether oxygens (including phenoxy) is 1. The van der Waals surface area contributed by atoms with Gasteiger partial charge in [-0.1, -0.05) is 6.92 Å². The monoisotopic (exact) mass is 196 g/mol. The molecule has 0 fully saturated rings. The summed E-state index contributed by atoms with van der Waals surface area (Å²) in [5, 5.41) is 0. The first-order chi connectivity index (χ1) is 6.27. The molecule has 0 bridgehead atoms. The van der Waals surface area contributed by atoms with E-state index in [-0.39, 0.29) is 0 Å². The topological polar surface area (TPSA) is 9.23 Å². The average Bonchev–Trinajstić information content (AvgIpc) is 2.10. The summed E-state index contributed by atoms with van der Waals surface area (Å²) in [7, 11) is 0. The Hall–Kier alpha value is -0.630. The maximum Gasteiger partial charge on any atom is 0.119 e. The van der Waals surface area contributed by atoms with Crippen LogP contribution < -0.4 is 4.74 Å². The SMILES string of the molecule is CCOc1ccc(SCC)c(C)c1. The predicted molar refractivity (Wildman–Crippen MR) is 58.7 cm³/mol. The van der Waals surface area contributed by atoms with E-state index in [9.17, 15) is 0 Å². The van der Waals surface area contributed by atoms with Crippen LogP contribution in [0, 0.1) is 6.92 Å². The fourth-order valence-corrected chi connectivity index (χ4v) is 1.96. The summed E-state index contributed by atoms with van der Waals surface area (Å²) in [6.07, 6.45) is 0. The van der Waals surface area contributed by atoms with Crippen LogP contribution in [0.25, 0.3) is 0 Å². The molecule has 13 heavy (non-hydrogen) atoms. The summed E-state index contributed by atoms with van der Waals surface area (Å²) >= 11 is 1.87. The van der Waals surface area contributed by atoms with Crippen molar-refractivity contribution in [1.29, 1.82) is 0 Å². The van der Waals surface area contributed by atoms with Crippen LogP contribution in [0.15, 0.2) is 23.1 Å². The third-order valence-electron chi connectivity index (χ3n) is 1.76. The molecule has 1 rings (SSSR count). The number of hydrogen-bond acceptors (Lipinski definition) is 2. The van der Waals surface area contributed by atoms with Gasteiger partial charge in [-0.3, -0.25) is 0 Å². The van der Waals surface area contributed by atoms with Gasteiger partial charge in [-0.25, -0.2) is 0 Å². The maximum absolute atomic E-state index is 5.41. The second kappa shape index (κ2) is 5.18. The van der Waals surface area contributed by atoms with Gasteiger partial charge in [0.2, 0.25) is 0 Å². The van der Waals surface area contributed by atoms with Crippen LogP contribution in [0.5, 0.6) is 5.75 Å². The normalized spacial score (nSPS) is 10.1. The van der Waals surface area contributed by atoms with Gasteiger partial charge in [0, 0.05) is 4.90 Å². The highest BCUT2D eigenvalue weighted by Gasteiger charge is 1.99. The highest BCUT2D eigenvalue weighted by atomic mass is 32.2. The summed E-state index contributed by atoms with van der Waals surface area (Å²) in [6, 6.07) is 6.27. The molecular weight excluding hydrogens is 180 g/mol. The molecule has 0 unspecified atom stereocenters. The Morgan fingerprint density at radius 3 is 2.62 bits per heavy atom. The minimum atomic E-state index is 0.736. The molecule has 1 aromatic rings. The largest absolute Gasteiger partial charge is 0.494 e. The number of benzene rings is 1. The van der Waals surface area contributed by atoms with Crippen molar-refractivity contribution in [1.82, 2.24) is 0 Å². The summed E-state index contributed by atoms with van der Waals surface area (Å²) in [5.74, 6) is 2.09. The molecule has 0 aromatic heterocycles. The molecule has 1 aromatic carbocycles. The van der Waals surface area contributed by atoms with Gasteiger partial charge in [0.05, 0.1) is 6.61 Å². The lowest BCUT2D eigenvalue weighted by Gasteiger charge is -2.07. The molecule has 0 saturated heterocycles. The predicted octanol–water partition coefficient (Wildman–Crippen LogP) is 3.51. The molecule has 0 atom stereocenters. The molecule has 2 heteroatoms. The minimum Gasteiger partial charge on any atom is -0.494 e. The number of thioether (sulfide) groups is 1. The van der Waals surface area contributed by atoms with Crippen molar-refractivity contribution in [2.24, 2.45) is 0 Å². The van der Waals surface area contributed by atoms with Gasteiger partial charge >= 0.3 is 0 Å². The molecule has 0 aliphatic rings. The molecule has 0 amide bonds. The maximum atomic E-state index is 5.41. The van der Waals surface area contributed by atoms with Crippen LogP contribution in [0.4, 0.5) is 0 Å². The van der Waals surface area contributed by atoms with E-state index in [2.05, 4.69) is 26.0 Å². The molecule has 0 spiro atoms. The lowest BCUT2D eigenvalue weighted by Crippen LogP contribution is -1.92. The molecule has 0 heterocycles. The molecular formula is C11H16OS. The van der Waals surface area contributed by atoms with Gasteiger partial charge < -0.3 is 4.74 Å². The van der Waals surface area contributed by atoms with Crippen molar-refractivity contribution in [3.63, 3.8) is 0 Å². The smallest absolute Gasteiger partial charge is 0.119 e. The Morgan fingerprint density at radius 2 is 2.08 bits per heavy atom. The summed E-state index contributed by atoms with van der Waals surface area (Å²) in [4.78, 5) is 1.35. The van der Waals surface area contributed by atoms with Crippen LogP contribution in [0.2, 0.25) is 0 Å². The molecule has 72 valence electrons. The van der Waals surface area contributed by atoms with Crippen molar-refractivity contribution >= 4 is 11.8 Å². The zero-order chi connectivity index (χ0) is 9.68. The molecule has 0 radical (unpaired) electrons. The summed E-state index contributed by atoms with van der Waals surface area (Å²) in [5.41, 5.74) is 1.30. The Balaban J connectivity index is 2.79. The minimum absolute atomic E-state index is 0.736. The van der Waals surface area contributed by atoms with Crippen molar-refractivity contribution in [3.05, 3.63) is 23.8 Å². The second-order valence-corrected chi connectivity index (χ2v) is 4.10. The first kappa shape index (κ1) is 10.5. The van der Waals surface area contributed by atoms with E-state index < -0.39 is 0 Å². The molecule has 0 aliphatic heterocycles. The summed E-state index contributed by atoms with van der Waals surface area (Å²) in [6.45, 7) is 7.03. The van der Waals surface area contributed by atoms with Crippen LogP contribution in [-0.4, -0.2) is 12.4 Å². The molecule has 0 N–H and O–H groups in total. The third-order valence-corrected chi connectivity index (χ3v) is 2.81. The lowest BCUT2D eigenvalue weighted by atomic mass is 10.2. The quantitative estimate of drug-likeness (QED) is 0.682.